The number of nitriles is 2. The third-order valence-electron chi connectivity index (χ3n) is 4.20. The van der Waals surface area contributed by atoms with Crippen molar-refractivity contribution in [2.75, 3.05) is 36.4 Å². The van der Waals surface area contributed by atoms with Gasteiger partial charge in [0.05, 0.1) is 22.9 Å². The highest BCUT2D eigenvalue weighted by Crippen LogP contribution is 2.19. The second-order valence-corrected chi connectivity index (χ2v) is 5.72. The predicted octanol–water partition coefficient (Wildman–Crippen LogP) is 2.78. The normalized spacial score (nSPS) is 13.7. The lowest BCUT2D eigenvalue weighted by atomic mass is 10.2. The van der Waals surface area contributed by atoms with Crippen molar-refractivity contribution in [1.29, 1.82) is 10.5 Å². The SMILES string of the molecule is N#Cc1cccc(N2CCN(C(=O)Nc3ccccc3C#N)CC2)c1. The largest absolute Gasteiger partial charge is 0.368 e. The Morgan fingerprint density at radius 2 is 1.72 bits per heavy atom. The Bertz CT molecular complexity index is 857. The van der Waals surface area contributed by atoms with Crippen LogP contribution in [0.4, 0.5) is 16.2 Å². The molecule has 25 heavy (non-hydrogen) atoms. The van der Waals surface area contributed by atoms with Gasteiger partial charge in [-0.1, -0.05) is 18.2 Å². The van der Waals surface area contributed by atoms with Crippen LogP contribution in [0.25, 0.3) is 0 Å². The summed E-state index contributed by atoms with van der Waals surface area (Å²) in [4.78, 5) is 16.3. The number of carbonyl (C=O) groups is 1. The molecule has 3 rings (SSSR count). The van der Waals surface area contributed by atoms with Crippen molar-refractivity contribution in [3.8, 4) is 12.1 Å². The molecule has 1 heterocycles. The third-order valence-corrected chi connectivity index (χ3v) is 4.20. The number of benzene rings is 2. The number of hydrogen-bond donors (Lipinski definition) is 1. The van der Waals surface area contributed by atoms with E-state index in [1.807, 2.05) is 18.2 Å². The van der Waals surface area contributed by atoms with Crippen LogP contribution in [0, 0.1) is 22.7 Å². The molecule has 1 saturated heterocycles. The molecule has 2 aromatic rings. The molecule has 0 atom stereocenters. The van der Waals surface area contributed by atoms with Crippen LogP contribution in [0.15, 0.2) is 48.5 Å². The number of urea groups is 1. The monoisotopic (exact) mass is 331 g/mol. The molecule has 124 valence electrons. The summed E-state index contributed by atoms with van der Waals surface area (Å²) in [5.74, 6) is 0. The minimum absolute atomic E-state index is 0.201. The van der Waals surface area contributed by atoms with Gasteiger partial charge in [0.1, 0.15) is 6.07 Å². The van der Waals surface area contributed by atoms with E-state index < -0.39 is 0 Å². The number of anilines is 2. The van der Waals surface area contributed by atoms with Gasteiger partial charge in [0.15, 0.2) is 0 Å². The molecule has 2 amide bonds. The molecule has 0 aliphatic carbocycles. The van der Waals surface area contributed by atoms with Crippen LogP contribution in [-0.4, -0.2) is 37.1 Å². The van der Waals surface area contributed by atoms with Gasteiger partial charge >= 0.3 is 6.03 Å². The first kappa shape index (κ1) is 16.4. The fraction of sp³-hybridized carbons (Fsp3) is 0.211. The molecule has 0 unspecified atom stereocenters. The van der Waals surface area contributed by atoms with Crippen LogP contribution in [0.1, 0.15) is 11.1 Å². The number of hydrogen-bond acceptors (Lipinski definition) is 4. The van der Waals surface area contributed by atoms with Crippen LogP contribution >= 0.6 is 0 Å². The van der Waals surface area contributed by atoms with Crippen LogP contribution in [0.3, 0.4) is 0 Å². The molecule has 0 bridgehead atoms. The summed E-state index contributed by atoms with van der Waals surface area (Å²) in [6, 6.07) is 18.4. The maximum Gasteiger partial charge on any atom is 0.322 e. The lowest BCUT2D eigenvalue weighted by Gasteiger charge is -2.36. The van der Waals surface area contributed by atoms with Gasteiger partial charge in [-0.2, -0.15) is 10.5 Å². The Labute approximate surface area is 146 Å². The molecule has 0 saturated carbocycles. The van der Waals surface area contributed by atoms with Gasteiger partial charge in [-0.25, -0.2) is 4.79 Å². The van der Waals surface area contributed by atoms with Gasteiger partial charge in [0.2, 0.25) is 0 Å². The second-order valence-electron chi connectivity index (χ2n) is 5.72. The highest BCUT2D eigenvalue weighted by atomic mass is 16.2. The zero-order valence-electron chi connectivity index (χ0n) is 13.6. The highest BCUT2D eigenvalue weighted by molar-refractivity contribution is 5.91. The number of nitrogens with one attached hydrogen (secondary N) is 1. The zero-order valence-corrected chi connectivity index (χ0v) is 13.6. The highest BCUT2D eigenvalue weighted by Gasteiger charge is 2.22. The molecule has 1 aliphatic rings. The number of para-hydroxylation sites is 1. The summed E-state index contributed by atoms with van der Waals surface area (Å²) >= 11 is 0. The quantitative estimate of drug-likeness (QED) is 0.917. The van der Waals surface area contributed by atoms with Crippen molar-refractivity contribution >= 4 is 17.4 Å². The number of piperazine rings is 1. The standard InChI is InChI=1S/C19H17N5O/c20-13-15-4-3-6-17(12-15)23-8-10-24(11-9-23)19(25)22-18-7-2-1-5-16(18)14-21/h1-7,12H,8-11H2,(H,22,25). The van der Waals surface area contributed by atoms with Crippen LogP contribution < -0.4 is 10.2 Å². The molecule has 6 heteroatoms. The predicted molar refractivity (Wildman–Crippen MR) is 95.1 cm³/mol. The fourth-order valence-corrected chi connectivity index (χ4v) is 2.82. The summed E-state index contributed by atoms with van der Waals surface area (Å²) in [5.41, 5.74) is 2.60. The Morgan fingerprint density at radius 3 is 2.44 bits per heavy atom. The van der Waals surface area contributed by atoms with Crippen molar-refractivity contribution in [3.05, 3.63) is 59.7 Å². The first-order chi connectivity index (χ1) is 12.2. The summed E-state index contributed by atoms with van der Waals surface area (Å²) in [6.45, 7) is 2.55. The van der Waals surface area contributed by atoms with Crippen LogP contribution in [0.2, 0.25) is 0 Å². The van der Waals surface area contributed by atoms with Gasteiger partial charge in [-0.15, -0.1) is 0 Å². The van der Waals surface area contributed by atoms with Gasteiger partial charge in [0, 0.05) is 31.9 Å². The zero-order chi connectivity index (χ0) is 17.6. The summed E-state index contributed by atoms with van der Waals surface area (Å²) in [6.07, 6.45) is 0. The van der Waals surface area contributed by atoms with Gasteiger partial charge in [-0.3, -0.25) is 0 Å². The second kappa shape index (κ2) is 7.37. The minimum atomic E-state index is -0.201. The van der Waals surface area contributed by atoms with Gasteiger partial charge in [0.25, 0.3) is 0 Å². The molecule has 1 aliphatic heterocycles. The molecule has 0 aromatic heterocycles. The molecular weight excluding hydrogens is 314 g/mol. The number of carbonyl (C=O) groups excluding carboxylic acids is 1. The van der Waals surface area contributed by atoms with E-state index >= 15 is 0 Å². The van der Waals surface area contributed by atoms with Crippen molar-refractivity contribution in [2.45, 2.75) is 0 Å². The smallest absolute Gasteiger partial charge is 0.322 e. The first-order valence-corrected chi connectivity index (χ1v) is 8.01. The topological polar surface area (TPSA) is 83.2 Å². The summed E-state index contributed by atoms with van der Waals surface area (Å²) in [5, 5.41) is 20.9. The van der Waals surface area contributed by atoms with Crippen LogP contribution in [0.5, 0.6) is 0 Å². The molecule has 0 spiro atoms. The average Bonchev–Trinajstić information content (AvgIpc) is 2.68. The Balaban J connectivity index is 1.61. The Kier molecular flexibility index (Phi) is 4.82. The van der Waals surface area contributed by atoms with Crippen molar-refractivity contribution in [1.82, 2.24) is 4.90 Å². The minimum Gasteiger partial charge on any atom is -0.368 e. The third kappa shape index (κ3) is 3.70. The maximum absolute atomic E-state index is 12.4. The maximum atomic E-state index is 12.4. The number of amides is 2. The van der Waals surface area contributed by atoms with Crippen molar-refractivity contribution < 1.29 is 4.79 Å². The number of nitrogens with zero attached hydrogens (tertiary/aromatic N) is 4. The van der Waals surface area contributed by atoms with E-state index in [-0.39, 0.29) is 6.03 Å². The van der Waals surface area contributed by atoms with E-state index in [2.05, 4.69) is 22.4 Å². The van der Waals surface area contributed by atoms with E-state index in [4.69, 9.17) is 10.5 Å². The molecule has 1 N–H and O–H groups in total. The fourth-order valence-electron chi connectivity index (χ4n) is 2.82. The Morgan fingerprint density at radius 1 is 0.960 bits per heavy atom. The van der Waals surface area contributed by atoms with Gasteiger partial charge < -0.3 is 15.1 Å². The lowest BCUT2D eigenvalue weighted by Crippen LogP contribution is -2.50. The van der Waals surface area contributed by atoms with E-state index in [0.717, 1.165) is 5.69 Å². The van der Waals surface area contributed by atoms with Crippen LogP contribution in [-0.2, 0) is 0 Å². The van der Waals surface area contributed by atoms with Crippen molar-refractivity contribution in [3.63, 3.8) is 0 Å². The van der Waals surface area contributed by atoms with Crippen molar-refractivity contribution in [2.24, 2.45) is 0 Å². The molecule has 2 aromatic carbocycles. The molecule has 6 nitrogen and oxygen atoms in total. The summed E-state index contributed by atoms with van der Waals surface area (Å²) < 4.78 is 0. The molecule has 1 fully saturated rings. The lowest BCUT2D eigenvalue weighted by molar-refractivity contribution is 0.208. The Hall–Kier alpha value is -3.51. The molecular formula is C19H17N5O. The first-order valence-electron chi connectivity index (χ1n) is 8.01. The van der Waals surface area contributed by atoms with Gasteiger partial charge in [-0.05, 0) is 30.3 Å². The van der Waals surface area contributed by atoms with E-state index in [1.54, 1.807) is 35.2 Å². The van der Waals surface area contributed by atoms with E-state index in [9.17, 15) is 4.79 Å². The number of rotatable bonds is 2. The van der Waals surface area contributed by atoms with E-state index in [0.29, 0.717) is 43.0 Å². The van der Waals surface area contributed by atoms with E-state index in [1.165, 1.54) is 0 Å². The average molecular weight is 331 g/mol. The summed E-state index contributed by atoms with van der Waals surface area (Å²) in [7, 11) is 0. The molecule has 0 radical (unpaired) electrons.